The first-order valence-electron chi connectivity index (χ1n) is 15.8. The van der Waals surface area contributed by atoms with Crippen molar-refractivity contribution in [3.8, 4) is 22.9 Å². The van der Waals surface area contributed by atoms with Crippen LogP contribution in [0.1, 0.15) is 34.3 Å². The van der Waals surface area contributed by atoms with Crippen molar-refractivity contribution in [1.29, 1.82) is 0 Å². The van der Waals surface area contributed by atoms with Crippen LogP contribution in [-0.4, -0.2) is 72.2 Å². The molecule has 7 rings (SSSR count). The number of rotatable bonds is 7. The summed E-state index contributed by atoms with van der Waals surface area (Å²) in [6.45, 7) is 4.59. The van der Waals surface area contributed by atoms with Gasteiger partial charge in [-0.1, -0.05) is 36.4 Å². The Morgan fingerprint density at radius 1 is 0.875 bits per heavy atom. The maximum absolute atomic E-state index is 13.7. The Morgan fingerprint density at radius 3 is 2.29 bits per heavy atom. The number of halogens is 1. The second-order valence-electron chi connectivity index (χ2n) is 11.9. The van der Waals surface area contributed by atoms with Gasteiger partial charge in [-0.25, -0.2) is 5.01 Å². The Hall–Kier alpha value is -4.74. The zero-order valence-corrected chi connectivity index (χ0v) is 28.7. The zero-order chi connectivity index (χ0) is 32.5. The van der Waals surface area contributed by atoms with Crippen LogP contribution in [0.15, 0.2) is 84.0 Å². The fraction of sp³-hybridized carbons (Fsp3) is 0.306. The number of benzene rings is 3. The third-order valence-corrected chi connectivity index (χ3v) is 9.97. The topological polar surface area (TPSA) is 100 Å². The van der Waals surface area contributed by atoms with Crippen molar-refractivity contribution in [2.75, 3.05) is 50.3 Å². The Balaban J connectivity index is 0.00000401. The van der Waals surface area contributed by atoms with E-state index in [9.17, 15) is 9.59 Å². The number of nitrogens with zero attached hydrogens (tertiary/aromatic N) is 6. The number of allylic oxidation sites excluding steroid dienone is 2. The number of ether oxygens (including phenoxy) is 2. The third-order valence-electron chi connectivity index (χ3n) is 9.19. The number of anilines is 2. The monoisotopic (exact) mass is 684 g/mol. The van der Waals surface area contributed by atoms with E-state index in [1.54, 1.807) is 26.4 Å². The number of methoxy groups -OCH3 is 2. The molecule has 3 aromatic carbocycles. The van der Waals surface area contributed by atoms with Gasteiger partial charge in [0.05, 0.1) is 31.5 Å². The van der Waals surface area contributed by atoms with Crippen LogP contribution in [0, 0.1) is 18.8 Å². The van der Waals surface area contributed by atoms with E-state index >= 15 is 0 Å². The van der Waals surface area contributed by atoms with Crippen LogP contribution >= 0.6 is 23.9 Å². The molecule has 3 heterocycles. The first-order valence-corrected chi connectivity index (χ1v) is 16.6. The van der Waals surface area contributed by atoms with Crippen molar-refractivity contribution in [2.24, 2.45) is 16.9 Å². The molecule has 1 aliphatic carbocycles. The molecule has 0 bridgehead atoms. The van der Waals surface area contributed by atoms with Crippen molar-refractivity contribution in [2.45, 2.75) is 19.8 Å². The van der Waals surface area contributed by atoms with E-state index in [-0.39, 0.29) is 36.1 Å². The molecule has 3 aliphatic rings. The van der Waals surface area contributed by atoms with Crippen LogP contribution in [0.3, 0.4) is 0 Å². The third kappa shape index (κ3) is 6.27. The standard InChI is InChI=1S/C36H36N6O4S.ClH/c1-23-8-4-5-9-27(23)33-37-36(47-39-33)41-20-18-40(19-21-41)34(43)24-12-15-26(16-13-24)42-35(44)29-11-7-6-10-28(29)32(38-42)25-14-17-30(45-2)31(22-25)46-3;/h4-9,12-17,22,28-29H,10-11,18-21H2,1-3H3;1H/t28-,29+;/m0./s1. The van der Waals surface area contributed by atoms with Gasteiger partial charge in [0.2, 0.25) is 5.13 Å². The fourth-order valence-electron chi connectivity index (χ4n) is 6.54. The molecule has 4 aromatic rings. The van der Waals surface area contributed by atoms with Gasteiger partial charge in [-0.3, -0.25) is 9.59 Å². The van der Waals surface area contributed by atoms with Crippen LogP contribution < -0.4 is 19.4 Å². The minimum Gasteiger partial charge on any atom is -0.493 e. The second kappa shape index (κ2) is 14.2. The van der Waals surface area contributed by atoms with Crippen LogP contribution in [0.4, 0.5) is 10.8 Å². The summed E-state index contributed by atoms with van der Waals surface area (Å²) in [5.41, 5.74) is 5.10. The second-order valence-corrected chi connectivity index (χ2v) is 12.6. The lowest BCUT2D eigenvalue weighted by Gasteiger charge is -2.37. The lowest BCUT2D eigenvalue weighted by atomic mass is 9.76. The highest BCUT2D eigenvalue weighted by atomic mass is 35.5. The maximum Gasteiger partial charge on any atom is 0.253 e. The van der Waals surface area contributed by atoms with Crippen LogP contribution in [0.25, 0.3) is 11.4 Å². The number of aromatic nitrogens is 2. The molecule has 0 spiro atoms. The van der Waals surface area contributed by atoms with Gasteiger partial charge in [0.1, 0.15) is 0 Å². The summed E-state index contributed by atoms with van der Waals surface area (Å²) in [4.78, 5) is 36.1. The van der Waals surface area contributed by atoms with Crippen molar-refractivity contribution < 1.29 is 19.1 Å². The van der Waals surface area contributed by atoms with Crippen LogP contribution in [0.5, 0.6) is 11.5 Å². The van der Waals surface area contributed by atoms with Crippen LogP contribution in [0.2, 0.25) is 0 Å². The molecular formula is C36H37ClN6O4S. The Kier molecular flexibility index (Phi) is 9.79. The van der Waals surface area contributed by atoms with E-state index in [0.29, 0.717) is 55.3 Å². The molecule has 2 atom stereocenters. The van der Waals surface area contributed by atoms with E-state index in [1.807, 2.05) is 53.4 Å². The highest BCUT2D eigenvalue weighted by Gasteiger charge is 2.41. The number of aryl methyl sites for hydroxylation is 1. The van der Waals surface area contributed by atoms with E-state index in [1.165, 1.54) is 16.5 Å². The number of carbonyl (C=O) groups is 2. The van der Waals surface area contributed by atoms with Gasteiger partial charge < -0.3 is 19.3 Å². The largest absolute Gasteiger partial charge is 0.493 e. The predicted octanol–water partition coefficient (Wildman–Crippen LogP) is 6.25. The first-order chi connectivity index (χ1) is 22.9. The number of hydrazone groups is 1. The van der Waals surface area contributed by atoms with Gasteiger partial charge in [-0.05, 0) is 67.8 Å². The Bertz CT molecular complexity index is 1870. The van der Waals surface area contributed by atoms with E-state index in [4.69, 9.17) is 19.6 Å². The van der Waals surface area contributed by atoms with Crippen molar-refractivity contribution in [1.82, 2.24) is 14.3 Å². The molecule has 48 heavy (non-hydrogen) atoms. The summed E-state index contributed by atoms with van der Waals surface area (Å²) < 4.78 is 15.6. The molecule has 1 saturated heterocycles. The summed E-state index contributed by atoms with van der Waals surface area (Å²) in [5.74, 6) is 1.65. The quantitative estimate of drug-likeness (QED) is 0.212. The van der Waals surface area contributed by atoms with Gasteiger partial charge >= 0.3 is 0 Å². The first kappa shape index (κ1) is 33.2. The Morgan fingerprint density at radius 2 is 1.58 bits per heavy atom. The SMILES string of the molecule is COc1ccc(C2=NN(c3ccc(C(=O)N4CCN(c5nc(-c6ccccc6C)ns5)CC4)cc3)C(=O)[C@@H]3CC=CC[C@H]23)cc1OC.Cl. The summed E-state index contributed by atoms with van der Waals surface area (Å²) in [7, 11) is 3.21. The van der Waals surface area contributed by atoms with Gasteiger partial charge in [-0.2, -0.15) is 14.5 Å². The minimum absolute atomic E-state index is 0. The smallest absolute Gasteiger partial charge is 0.253 e. The number of carbonyl (C=O) groups excluding carboxylic acids is 2. The summed E-state index contributed by atoms with van der Waals surface area (Å²) >= 11 is 1.39. The van der Waals surface area contributed by atoms with Gasteiger partial charge in [0, 0.05) is 60.3 Å². The zero-order valence-electron chi connectivity index (χ0n) is 27.0. The summed E-state index contributed by atoms with van der Waals surface area (Å²) in [6.07, 6.45) is 5.59. The maximum atomic E-state index is 13.7. The van der Waals surface area contributed by atoms with Gasteiger partial charge in [0.25, 0.3) is 11.8 Å². The minimum atomic E-state index is -0.223. The van der Waals surface area contributed by atoms with Crippen molar-refractivity contribution >= 4 is 52.3 Å². The average molecular weight is 685 g/mol. The molecule has 1 fully saturated rings. The molecule has 0 radical (unpaired) electrons. The molecular weight excluding hydrogens is 648 g/mol. The average Bonchev–Trinajstić information content (AvgIpc) is 3.62. The van der Waals surface area contributed by atoms with E-state index < -0.39 is 0 Å². The molecule has 248 valence electrons. The van der Waals surface area contributed by atoms with Crippen molar-refractivity contribution in [3.63, 3.8) is 0 Å². The lowest BCUT2D eigenvalue weighted by molar-refractivity contribution is -0.123. The molecule has 0 N–H and O–H groups in total. The van der Waals surface area contributed by atoms with E-state index in [2.05, 4.69) is 34.4 Å². The van der Waals surface area contributed by atoms with Gasteiger partial charge in [0.15, 0.2) is 17.3 Å². The lowest BCUT2D eigenvalue weighted by Crippen LogP contribution is -2.48. The van der Waals surface area contributed by atoms with Gasteiger partial charge in [-0.15, -0.1) is 12.4 Å². The molecule has 0 saturated carbocycles. The predicted molar refractivity (Wildman–Crippen MR) is 191 cm³/mol. The number of hydrogen-bond donors (Lipinski definition) is 0. The molecule has 12 heteroatoms. The summed E-state index contributed by atoms with van der Waals surface area (Å²) in [6, 6.07) is 21.0. The van der Waals surface area contributed by atoms with E-state index in [0.717, 1.165) is 39.8 Å². The fourth-order valence-corrected chi connectivity index (χ4v) is 7.27. The number of fused-ring (bicyclic) bond motifs is 1. The number of hydrogen-bond acceptors (Lipinski definition) is 9. The highest BCUT2D eigenvalue weighted by Crippen LogP contribution is 2.38. The molecule has 2 aliphatic heterocycles. The molecule has 2 amide bonds. The highest BCUT2D eigenvalue weighted by molar-refractivity contribution is 7.09. The van der Waals surface area contributed by atoms with Crippen molar-refractivity contribution in [3.05, 3.63) is 95.6 Å². The molecule has 1 aromatic heterocycles. The van der Waals surface area contributed by atoms with Crippen LogP contribution in [-0.2, 0) is 4.79 Å². The molecule has 0 unspecified atom stereocenters. The normalized spacial score (nSPS) is 18.9. The Labute approximate surface area is 290 Å². The summed E-state index contributed by atoms with van der Waals surface area (Å²) in [5, 5.41) is 7.27. The molecule has 10 nitrogen and oxygen atoms in total. The number of amides is 2. The number of piperazine rings is 1.